The molecule has 1 N–H and O–H groups in total. The third-order valence-corrected chi connectivity index (χ3v) is 3.78. The fraction of sp³-hybridized carbons (Fsp3) is 0.524. The van der Waals surface area contributed by atoms with Gasteiger partial charge in [0.25, 0.3) is 0 Å². The summed E-state index contributed by atoms with van der Waals surface area (Å²) in [7, 11) is 0. The Balaban J connectivity index is 1.92. The molecule has 0 unspecified atom stereocenters. The number of allylic oxidation sites excluding steroid dienone is 4. The van der Waals surface area contributed by atoms with Crippen LogP contribution in [-0.2, 0) is 6.42 Å². The van der Waals surface area contributed by atoms with Crippen LogP contribution in [0.4, 0.5) is 0 Å². The van der Waals surface area contributed by atoms with Gasteiger partial charge in [-0.2, -0.15) is 0 Å². The predicted octanol–water partition coefficient (Wildman–Crippen LogP) is 6.58. The first kappa shape index (κ1) is 18.5. The van der Waals surface area contributed by atoms with E-state index >= 15 is 0 Å². The van der Waals surface area contributed by atoms with Gasteiger partial charge >= 0.3 is 0 Å². The molecule has 0 bridgehead atoms. The van der Waals surface area contributed by atoms with Crippen LogP contribution >= 0.6 is 0 Å². The Labute approximate surface area is 136 Å². The number of aromatic hydroxyl groups is 1. The van der Waals surface area contributed by atoms with Crippen molar-refractivity contribution >= 4 is 0 Å². The van der Waals surface area contributed by atoms with E-state index in [2.05, 4.69) is 37.3 Å². The molecular weight excluding hydrogens is 268 g/mol. The highest BCUT2D eigenvalue weighted by molar-refractivity contribution is 5.27. The van der Waals surface area contributed by atoms with Crippen LogP contribution in [0, 0.1) is 0 Å². The van der Waals surface area contributed by atoms with Crippen LogP contribution in [0.15, 0.2) is 48.6 Å². The van der Waals surface area contributed by atoms with E-state index in [1.165, 1.54) is 50.5 Å². The number of unbranched alkanes of at least 4 members (excludes halogenated alkanes) is 6. The smallest absolute Gasteiger partial charge is 0.115 e. The summed E-state index contributed by atoms with van der Waals surface area (Å²) in [6.07, 6.45) is 21.5. The highest BCUT2D eigenvalue weighted by Gasteiger charge is 1.93. The average Bonchev–Trinajstić information content (AvgIpc) is 2.52. The Morgan fingerprint density at radius 3 is 2.09 bits per heavy atom. The van der Waals surface area contributed by atoms with Gasteiger partial charge < -0.3 is 5.11 Å². The Morgan fingerprint density at radius 2 is 1.45 bits per heavy atom. The summed E-state index contributed by atoms with van der Waals surface area (Å²) >= 11 is 0. The Morgan fingerprint density at radius 1 is 0.818 bits per heavy atom. The lowest BCUT2D eigenvalue weighted by Crippen LogP contribution is -1.83. The number of phenols is 1. The second kappa shape index (κ2) is 13.2. The maximum atomic E-state index is 9.40. The minimum Gasteiger partial charge on any atom is -0.508 e. The van der Waals surface area contributed by atoms with Crippen LogP contribution in [-0.4, -0.2) is 5.11 Å². The molecule has 1 aromatic carbocycles. The predicted molar refractivity (Wildman–Crippen MR) is 97.3 cm³/mol. The van der Waals surface area contributed by atoms with E-state index in [0.717, 1.165) is 19.3 Å². The van der Waals surface area contributed by atoms with Crippen molar-refractivity contribution in [3.05, 3.63) is 54.1 Å². The maximum absolute atomic E-state index is 9.40. The topological polar surface area (TPSA) is 20.2 Å². The van der Waals surface area contributed by atoms with Crippen molar-refractivity contribution in [1.29, 1.82) is 0 Å². The van der Waals surface area contributed by atoms with Gasteiger partial charge in [-0.05, 0) is 69.1 Å². The van der Waals surface area contributed by atoms with Gasteiger partial charge in [-0.1, -0.05) is 56.2 Å². The van der Waals surface area contributed by atoms with Crippen molar-refractivity contribution < 1.29 is 5.11 Å². The number of benzene rings is 1. The fourth-order valence-electron chi connectivity index (χ4n) is 2.48. The second-order valence-corrected chi connectivity index (χ2v) is 5.93. The van der Waals surface area contributed by atoms with Crippen LogP contribution < -0.4 is 0 Å². The van der Waals surface area contributed by atoms with E-state index < -0.39 is 0 Å². The first-order chi connectivity index (χ1) is 10.8. The normalized spacial score (nSPS) is 11.7. The van der Waals surface area contributed by atoms with Gasteiger partial charge in [0.15, 0.2) is 0 Å². The molecule has 0 amide bonds. The van der Waals surface area contributed by atoms with Gasteiger partial charge in [0.05, 0.1) is 0 Å². The average molecular weight is 300 g/mol. The number of rotatable bonds is 12. The summed E-state index contributed by atoms with van der Waals surface area (Å²) in [6, 6.07) is 7.58. The lowest BCUT2D eigenvalue weighted by atomic mass is 10.1. The zero-order chi connectivity index (χ0) is 15.9. The van der Waals surface area contributed by atoms with Gasteiger partial charge in [0.2, 0.25) is 0 Å². The number of phenolic OH excluding ortho intramolecular Hbond substituents is 1. The molecule has 1 nitrogen and oxygen atoms in total. The molecule has 0 fully saturated rings. The van der Waals surface area contributed by atoms with E-state index in [-0.39, 0.29) is 0 Å². The Bertz CT molecular complexity index is 431. The van der Waals surface area contributed by atoms with Crippen molar-refractivity contribution in [3.8, 4) is 5.75 Å². The lowest BCUT2D eigenvalue weighted by Gasteiger charge is -2.00. The molecule has 122 valence electrons. The minimum atomic E-state index is 0.373. The first-order valence-corrected chi connectivity index (χ1v) is 8.91. The van der Waals surface area contributed by atoms with Crippen molar-refractivity contribution in [2.45, 2.75) is 71.1 Å². The zero-order valence-electron chi connectivity index (χ0n) is 14.1. The van der Waals surface area contributed by atoms with Crippen molar-refractivity contribution in [2.75, 3.05) is 0 Å². The summed E-state index contributed by atoms with van der Waals surface area (Å²) in [6.45, 7) is 2.22. The molecule has 0 atom stereocenters. The summed E-state index contributed by atoms with van der Waals surface area (Å²) in [5.41, 5.74) is 1.23. The van der Waals surface area contributed by atoms with Crippen LogP contribution in [0.2, 0.25) is 0 Å². The summed E-state index contributed by atoms with van der Waals surface area (Å²) in [5.74, 6) is 0.373. The molecule has 0 aliphatic rings. The van der Waals surface area contributed by atoms with Crippen LogP contribution in [0.25, 0.3) is 0 Å². The summed E-state index contributed by atoms with van der Waals surface area (Å²) in [4.78, 5) is 0. The lowest BCUT2D eigenvalue weighted by molar-refractivity contribution is 0.474. The molecule has 1 rings (SSSR count). The van der Waals surface area contributed by atoms with E-state index in [0.29, 0.717) is 5.75 Å². The molecule has 0 heterocycles. The third kappa shape index (κ3) is 10.3. The third-order valence-electron chi connectivity index (χ3n) is 3.78. The van der Waals surface area contributed by atoms with E-state index in [1.54, 1.807) is 6.07 Å². The van der Waals surface area contributed by atoms with Crippen LogP contribution in [0.5, 0.6) is 5.75 Å². The van der Waals surface area contributed by atoms with Crippen molar-refractivity contribution in [1.82, 2.24) is 0 Å². The van der Waals surface area contributed by atoms with Crippen LogP contribution in [0.3, 0.4) is 0 Å². The Hall–Kier alpha value is -1.50. The van der Waals surface area contributed by atoms with E-state index in [4.69, 9.17) is 0 Å². The molecule has 0 aliphatic carbocycles. The zero-order valence-corrected chi connectivity index (χ0v) is 14.1. The molecule has 1 aromatic rings. The van der Waals surface area contributed by atoms with Gasteiger partial charge in [-0.3, -0.25) is 0 Å². The van der Waals surface area contributed by atoms with Gasteiger partial charge in [0, 0.05) is 0 Å². The molecule has 1 heteroatoms. The molecule has 0 spiro atoms. The molecule has 0 aliphatic heterocycles. The fourth-order valence-corrected chi connectivity index (χ4v) is 2.48. The van der Waals surface area contributed by atoms with Gasteiger partial charge in [0.1, 0.15) is 5.75 Å². The largest absolute Gasteiger partial charge is 0.508 e. The highest BCUT2D eigenvalue weighted by atomic mass is 16.3. The number of aryl methyl sites for hydroxylation is 1. The quantitative estimate of drug-likeness (QED) is 0.341. The highest BCUT2D eigenvalue weighted by Crippen LogP contribution is 2.13. The molecule has 0 saturated heterocycles. The van der Waals surface area contributed by atoms with Gasteiger partial charge in [-0.15, -0.1) is 0 Å². The summed E-state index contributed by atoms with van der Waals surface area (Å²) in [5, 5.41) is 9.40. The molecular formula is C21H32O. The van der Waals surface area contributed by atoms with E-state index in [9.17, 15) is 5.11 Å². The minimum absolute atomic E-state index is 0.373. The first-order valence-electron chi connectivity index (χ1n) is 8.91. The van der Waals surface area contributed by atoms with E-state index in [1.807, 2.05) is 12.1 Å². The van der Waals surface area contributed by atoms with Crippen LogP contribution in [0.1, 0.15) is 70.3 Å². The molecule has 0 saturated carbocycles. The Kier molecular flexibility index (Phi) is 11.1. The maximum Gasteiger partial charge on any atom is 0.115 e. The molecule has 22 heavy (non-hydrogen) atoms. The summed E-state index contributed by atoms with van der Waals surface area (Å²) < 4.78 is 0. The number of hydrogen-bond donors (Lipinski definition) is 1. The number of hydrogen-bond acceptors (Lipinski definition) is 1. The van der Waals surface area contributed by atoms with Gasteiger partial charge in [-0.25, -0.2) is 0 Å². The standard InChI is InChI=1S/C21H32O/c1-2-3-4-5-6-7-8-9-10-11-12-13-14-16-20-17-15-18-21(22)19-20/h4-5,11-12,15,17-19,22H,2-3,6-10,13-14,16H2,1H3/b5-4+,12-11+. The SMILES string of the molecule is CCC/C=C/CCCCC/C=C/CCCc1cccc(O)c1. The second-order valence-electron chi connectivity index (χ2n) is 5.93. The van der Waals surface area contributed by atoms with Crippen molar-refractivity contribution in [3.63, 3.8) is 0 Å². The van der Waals surface area contributed by atoms with Crippen molar-refractivity contribution in [2.24, 2.45) is 0 Å². The molecule has 0 radical (unpaired) electrons. The monoisotopic (exact) mass is 300 g/mol. The molecule has 0 aromatic heterocycles.